The first kappa shape index (κ1) is 25.4. The molecule has 0 bridgehead atoms. The van der Waals surface area contributed by atoms with Crippen molar-refractivity contribution in [2.45, 2.75) is 13.1 Å². The van der Waals surface area contributed by atoms with E-state index in [1.54, 1.807) is 0 Å². The van der Waals surface area contributed by atoms with Crippen molar-refractivity contribution in [2.24, 2.45) is 0 Å². The van der Waals surface area contributed by atoms with Gasteiger partial charge in [-0.25, -0.2) is 0 Å². The smallest absolute Gasteiger partial charge is 0.140 e. The first-order chi connectivity index (χ1) is 12.2. The van der Waals surface area contributed by atoms with Gasteiger partial charge in [-0.1, -0.05) is 60.7 Å². The number of hydrogen-bond acceptors (Lipinski definition) is 4. The fourth-order valence-electron chi connectivity index (χ4n) is 2.26. The summed E-state index contributed by atoms with van der Waals surface area (Å²) in [7, 11) is 8.10. The van der Waals surface area contributed by atoms with Crippen LogP contribution in [0.2, 0.25) is 0 Å². The molecule has 0 unspecified atom stereocenters. The Balaban J connectivity index is 0.000000405. The highest BCUT2D eigenvalue weighted by molar-refractivity contribution is 6.42. The minimum Gasteiger partial charge on any atom is -0.828 e. The van der Waals surface area contributed by atoms with Gasteiger partial charge in [0.25, 0.3) is 0 Å². The van der Waals surface area contributed by atoms with Gasteiger partial charge in [0, 0.05) is 11.1 Å². The van der Waals surface area contributed by atoms with Crippen molar-refractivity contribution in [3.8, 4) is 0 Å². The lowest BCUT2D eigenvalue weighted by Crippen LogP contribution is -2.63. The third-order valence-electron chi connectivity index (χ3n) is 3.00. The van der Waals surface area contributed by atoms with Crippen molar-refractivity contribution in [1.82, 2.24) is 0 Å². The van der Waals surface area contributed by atoms with Crippen molar-refractivity contribution in [3.63, 3.8) is 0 Å². The lowest BCUT2D eigenvalue weighted by atomic mass is 10.2. The summed E-state index contributed by atoms with van der Waals surface area (Å²) < 4.78 is 1.98. The maximum Gasteiger partial charge on any atom is 0.140 e. The Morgan fingerprint density at radius 1 is 0.630 bits per heavy atom. The average molecular weight is 395 g/mol. The molecule has 0 heterocycles. The van der Waals surface area contributed by atoms with Crippen LogP contribution in [-0.2, 0) is 13.1 Å². The number of hydrogen-bond donors (Lipinski definition) is 2. The van der Waals surface area contributed by atoms with Crippen LogP contribution in [0, 0.1) is 0 Å². The molecule has 27 heavy (non-hydrogen) atoms. The quantitative estimate of drug-likeness (QED) is 0.561. The second kappa shape index (κ2) is 11.3. The Labute approximate surface area is 164 Å². The van der Waals surface area contributed by atoms with E-state index in [9.17, 15) is 0 Å². The van der Waals surface area contributed by atoms with Crippen LogP contribution >= 0.6 is 0 Å². The van der Waals surface area contributed by atoms with E-state index in [-0.39, 0.29) is 0 Å². The molecule has 0 radical (unpaired) electrons. The van der Waals surface area contributed by atoms with Gasteiger partial charge in [0.15, 0.2) is 0 Å². The van der Waals surface area contributed by atoms with Crippen molar-refractivity contribution in [2.75, 3.05) is 42.3 Å². The topological polar surface area (TPSA) is 86.6 Å². The maximum atomic E-state index is 8.80. The Kier molecular flexibility index (Phi) is 10.6. The number of quaternary nitrogens is 2. The molecular formula is C20H34N2O4Si. The molecule has 7 heteroatoms. The molecule has 2 N–H and O–H groups in total. The van der Waals surface area contributed by atoms with Crippen LogP contribution in [0.3, 0.4) is 0 Å². The summed E-state index contributed by atoms with van der Waals surface area (Å²) in [5.74, 6) is 0. The normalized spacial score (nSPS) is 11.6. The first-order valence-electron chi connectivity index (χ1n) is 8.70. The fraction of sp³-hybridized carbons (Fsp3) is 0.400. The van der Waals surface area contributed by atoms with Crippen LogP contribution < -0.4 is 9.59 Å². The van der Waals surface area contributed by atoms with Crippen molar-refractivity contribution in [1.29, 1.82) is 0 Å². The highest BCUT2D eigenvalue weighted by atomic mass is 28.4. The number of nitrogens with zero attached hydrogens (tertiary/aromatic N) is 2. The van der Waals surface area contributed by atoms with Crippen LogP contribution in [0.4, 0.5) is 0 Å². The largest absolute Gasteiger partial charge is 0.828 e. The third-order valence-corrected chi connectivity index (χ3v) is 3.00. The van der Waals surface area contributed by atoms with Crippen molar-refractivity contribution >= 4 is 9.05 Å². The molecule has 0 amide bonds. The van der Waals surface area contributed by atoms with Crippen LogP contribution in [-0.4, -0.2) is 69.9 Å². The van der Waals surface area contributed by atoms with E-state index in [1.807, 2.05) is 0 Å². The molecule has 0 aromatic heterocycles. The predicted octanol–water partition coefficient (Wildman–Crippen LogP) is -0.0872. The third kappa shape index (κ3) is 20.6. The van der Waals surface area contributed by atoms with E-state index in [0.717, 1.165) is 22.1 Å². The van der Waals surface area contributed by atoms with Crippen molar-refractivity contribution in [3.05, 3.63) is 71.8 Å². The highest BCUT2D eigenvalue weighted by Gasteiger charge is 2.07. The summed E-state index contributed by atoms with van der Waals surface area (Å²) in [6, 6.07) is 21.1. The van der Waals surface area contributed by atoms with Gasteiger partial charge in [0.05, 0.1) is 42.3 Å². The highest BCUT2D eigenvalue weighted by Crippen LogP contribution is 2.05. The molecule has 152 valence electrons. The molecule has 2 aromatic rings. The molecule has 6 nitrogen and oxygen atoms in total. The fourth-order valence-corrected chi connectivity index (χ4v) is 2.26. The molecule has 0 saturated carbocycles. The molecule has 0 atom stereocenters. The lowest BCUT2D eigenvalue weighted by Gasteiger charge is -2.29. The van der Waals surface area contributed by atoms with Crippen LogP contribution in [0.1, 0.15) is 11.1 Å². The summed E-state index contributed by atoms with van der Waals surface area (Å²) >= 11 is 0. The molecule has 0 aliphatic rings. The minimum absolute atomic E-state index is 0.990. The molecule has 0 spiro atoms. The average Bonchev–Trinajstić information content (AvgIpc) is 2.44. The molecule has 2 rings (SSSR count). The molecular weight excluding hydrogens is 360 g/mol. The van der Waals surface area contributed by atoms with E-state index in [2.05, 4.69) is 103 Å². The van der Waals surface area contributed by atoms with Gasteiger partial charge >= 0.3 is 0 Å². The van der Waals surface area contributed by atoms with E-state index in [1.165, 1.54) is 11.1 Å². The standard InChI is InChI=1S/2C10H16N.H2O4Si/c2*1-11(2,3)9-10-7-5-4-6-8-10;1-5(2,3)4/h2*4-8H,9H2,1-3H3;1-2H/q2*+1;-2. The second-order valence-corrected chi connectivity index (χ2v) is 9.51. The SMILES string of the molecule is C[N+](C)(C)Cc1ccccc1.C[N+](C)(C)Cc1ccccc1.[O-][Si]([O-])(O)O. The molecule has 2 aromatic carbocycles. The second-order valence-electron chi connectivity index (χ2n) is 8.42. The number of rotatable bonds is 4. The zero-order valence-electron chi connectivity index (χ0n) is 17.3. The maximum absolute atomic E-state index is 8.80. The zero-order chi connectivity index (χ0) is 21.1. The Hall–Kier alpha value is -1.58. The van der Waals surface area contributed by atoms with Gasteiger partial charge in [-0.3, -0.25) is 0 Å². The van der Waals surface area contributed by atoms with Crippen LogP contribution in [0.15, 0.2) is 60.7 Å². The lowest BCUT2D eigenvalue weighted by molar-refractivity contribution is -0.884. The van der Waals surface area contributed by atoms with Crippen molar-refractivity contribution < 1.29 is 28.1 Å². The van der Waals surface area contributed by atoms with E-state index in [0.29, 0.717) is 0 Å². The molecule has 0 aliphatic heterocycles. The van der Waals surface area contributed by atoms with E-state index >= 15 is 0 Å². The summed E-state index contributed by atoms with van der Waals surface area (Å²) in [6.45, 7) is 2.20. The zero-order valence-corrected chi connectivity index (χ0v) is 18.3. The molecule has 0 fully saturated rings. The predicted molar refractivity (Wildman–Crippen MR) is 107 cm³/mol. The molecule has 0 saturated heterocycles. The Morgan fingerprint density at radius 2 is 0.852 bits per heavy atom. The van der Waals surface area contributed by atoms with E-state index < -0.39 is 9.05 Å². The van der Waals surface area contributed by atoms with Crippen LogP contribution in [0.5, 0.6) is 0 Å². The van der Waals surface area contributed by atoms with Gasteiger partial charge in [-0.2, -0.15) is 0 Å². The van der Waals surface area contributed by atoms with Gasteiger partial charge in [0.1, 0.15) is 22.1 Å². The van der Waals surface area contributed by atoms with E-state index in [4.69, 9.17) is 19.2 Å². The monoisotopic (exact) mass is 394 g/mol. The minimum atomic E-state index is -5.11. The summed E-state index contributed by atoms with van der Waals surface area (Å²) in [6.07, 6.45) is 0. The summed E-state index contributed by atoms with van der Waals surface area (Å²) in [5.41, 5.74) is 2.81. The Bertz CT molecular complexity index is 561. The Morgan fingerprint density at radius 3 is 1.04 bits per heavy atom. The van der Waals surface area contributed by atoms with Gasteiger partial charge < -0.3 is 28.1 Å². The van der Waals surface area contributed by atoms with Gasteiger partial charge in [-0.05, 0) is 0 Å². The number of benzene rings is 2. The summed E-state index contributed by atoms with van der Waals surface area (Å²) in [4.78, 5) is 31.8. The first-order valence-corrected chi connectivity index (χ1v) is 10.4. The van der Waals surface area contributed by atoms with Crippen LogP contribution in [0.25, 0.3) is 0 Å². The van der Waals surface area contributed by atoms with Gasteiger partial charge in [-0.15, -0.1) is 0 Å². The molecule has 0 aliphatic carbocycles. The van der Waals surface area contributed by atoms with Gasteiger partial charge in [0.2, 0.25) is 0 Å². The summed E-state index contributed by atoms with van der Waals surface area (Å²) in [5, 5.41) is 0.